The molecule has 0 aliphatic carbocycles. The van der Waals surface area contributed by atoms with Gasteiger partial charge in [0.2, 0.25) is 0 Å². The standard InChI is InChI=1S/C13H18FN3O2/c1-8-11(18)17(12(19)16(8)4)10-7-9(5-6-15-10)13(2,3)14/h5-8,11,18H,1-4H3. The fraction of sp³-hybridized carbons (Fsp3) is 0.538. The zero-order chi connectivity index (χ0) is 14.4. The van der Waals surface area contributed by atoms with E-state index >= 15 is 0 Å². The predicted molar refractivity (Wildman–Crippen MR) is 69.5 cm³/mol. The number of hydrogen-bond acceptors (Lipinski definition) is 3. The quantitative estimate of drug-likeness (QED) is 0.890. The van der Waals surface area contributed by atoms with E-state index in [0.717, 1.165) is 0 Å². The van der Waals surface area contributed by atoms with E-state index in [9.17, 15) is 14.3 Å². The molecule has 6 heteroatoms. The third-order valence-electron chi connectivity index (χ3n) is 3.49. The van der Waals surface area contributed by atoms with Crippen molar-refractivity contribution in [2.24, 2.45) is 0 Å². The molecule has 2 amide bonds. The van der Waals surface area contributed by atoms with Gasteiger partial charge in [0.15, 0.2) is 6.23 Å². The van der Waals surface area contributed by atoms with Crippen molar-refractivity contribution < 1.29 is 14.3 Å². The molecule has 1 saturated heterocycles. The summed E-state index contributed by atoms with van der Waals surface area (Å²) in [6.45, 7) is 4.61. The summed E-state index contributed by atoms with van der Waals surface area (Å²) in [6, 6.07) is 2.37. The van der Waals surface area contributed by atoms with Crippen LogP contribution in [-0.2, 0) is 5.67 Å². The Labute approximate surface area is 111 Å². The molecule has 19 heavy (non-hydrogen) atoms. The number of likely N-dealkylation sites (N-methyl/N-ethyl adjacent to an activating group) is 1. The van der Waals surface area contributed by atoms with Crippen molar-refractivity contribution in [2.75, 3.05) is 11.9 Å². The smallest absolute Gasteiger partial charge is 0.328 e. The maximum Gasteiger partial charge on any atom is 0.328 e. The first-order valence-electron chi connectivity index (χ1n) is 6.13. The van der Waals surface area contributed by atoms with Crippen molar-refractivity contribution in [1.82, 2.24) is 9.88 Å². The first kappa shape index (κ1) is 13.7. The van der Waals surface area contributed by atoms with Crippen molar-refractivity contribution in [3.05, 3.63) is 23.9 Å². The molecule has 1 aliphatic rings. The van der Waals surface area contributed by atoms with E-state index in [1.807, 2.05) is 0 Å². The predicted octanol–water partition coefficient (Wildman–Crippen LogP) is 1.86. The molecular weight excluding hydrogens is 249 g/mol. The topological polar surface area (TPSA) is 56.7 Å². The molecule has 0 bridgehead atoms. The molecule has 1 fully saturated rings. The third kappa shape index (κ3) is 2.28. The molecule has 1 N–H and O–H groups in total. The van der Waals surface area contributed by atoms with E-state index in [4.69, 9.17) is 0 Å². The van der Waals surface area contributed by atoms with Crippen LogP contribution in [0, 0.1) is 0 Å². The van der Waals surface area contributed by atoms with Gasteiger partial charge in [-0.25, -0.2) is 19.1 Å². The zero-order valence-electron chi connectivity index (χ0n) is 11.5. The van der Waals surface area contributed by atoms with Gasteiger partial charge in [0, 0.05) is 13.2 Å². The van der Waals surface area contributed by atoms with Crippen LogP contribution >= 0.6 is 0 Å². The number of pyridine rings is 1. The number of urea groups is 1. The van der Waals surface area contributed by atoms with E-state index < -0.39 is 11.9 Å². The summed E-state index contributed by atoms with van der Waals surface area (Å²) in [5.41, 5.74) is -1.11. The highest BCUT2D eigenvalue weighted by molar-refractivity contribution is 5.94. The molecule has 1 aromatic rings. The number of aromatic nitrogens is 1. The summed E-state index contributed by atoms with van der Waals surface area (Å²) < 4.78 is 13.9. The van der Waals surface area contributed by atoms with Gasteiger partial charge >= 0.3 is 6.03 Å². The lowest BCUT2D eigenvalue weighted by Gasteiger charge is -2.21. The van der Waals surface area contributed by atoms with Gasteiger partial charge in [-0.15, -0.1) is 0 Å². The maximum atomic E-state index is 13.9. The maximum absolute atomic E-state index is 13.9. The average Bonchev–Trinajstić information content (AvgIpc) is 2.53. The molecule has 2 unspecified atom stereocenters. The monoisotopic (exact) mass is 267 g/mol. The average molecular weight is 267 g/mol. The van der Waals surface area contributed by atoms with Crippen molar-refractivity contribution in [1.29, 1.82) is 0 Å². The molecule has 2 heterocycles. The summed E-state index contributed by atoms with van der Waals surface area (Å²) in [5.74, 6) is 0.261. The van der Waals surface area contributed by atoms with Crippen molar-refractivity contribution >= 4 is 11.8 Å². The first-order chi connectivity index (χ1) is 8.73. The third-order valence-corrected chi connectivity index (χ3v) is 3.49. The number of aliphatic hydroxyl groups is 1. The second-order valence-corrected chi connectivity index (χ2v) is 5.29. The molecule has 5 nitrogen and oxygen atoms in total. The van der Waals surface area contributed by atoms with Crippen LogP contribution in [0.4, 0.5) is 15.0 Å². The van der Waals surface area contributed by atoms with E-state index in [1.165, 1.54) is 35.9 Å². The van der Waals surface area contributed by atoms with Crippen LogP contribution in [0.1, 0.15) is 26.3 Å². The highest BCUT2D eigenvalue weighted by Crippen LogP contribution is 2.30. The Balaban J connectivity index is 2.40. The van der Waals surface area contributed by atoms with Gasteiger partial charge in [0.05, 0.1) is 6.04 Å². The minimum atomic E-state index is -1.52. The second kappa shape index (κ2) is 4.45. The number of alkyl halides is 1. The number of rotatable bonds is 2. The van der Waals surface area contributed by atoms with E-state index in [1.54, 1.807) is 20.0 Å². The fourth-order valence-electron chi connectivity index (χ4n) is 2.03. The van der Waals surface area contributed by atoms with Gasteiger partial charge in [-0.05, 0) is 38.5 Å². The van der Waals surface area contributed by atoms with Crippen LogP contribution in [-0.4, -0.2) is 40.3 Å². The molecule has 0 saturated carbocycles. The summed E-state index contributed by atoms with van der Waals surface area (Å²) in [7, 11) is 1.61. The molecule has 0 aromatic carbocycles. The van der Waals surface area contributed by atoms with Crippen LogP contribution in [0.25, 0.3) is 0 Å². The Kier molecular flexibility index (Phi) is 3.22. The number of nitrogens with zero attached hydrogens (tertiary/aromatic N) is 3. The molecule has 1 aromatic heterocycles. The highest BCUT2D eigenvalue weighted by Gasteiger charge is 2.42. The second-order valence-electron chi connectivity index (χ2n) is 5.29. The summed E-state index contributed by atoms with van der Waals surface area (Å²) in [4.78, 5) is 18.7. The van der Waals surface area contributed by atoms with Gasteiger partial charge < -0.3 is 10.0 Å². The number of anilines is 1. The normalized spacial score (nSPS) is 24.2. The highest BCUT2D eigenvalue weighted by atomic mass is 19.1. The lowest BCUT2D eigenvalue weighted by molar-refractivity contribution is 0.138. The van der Waals surface area contributed by atoms with Gasteiger partial charge in [-0.2, -0.15) is 0 Å². The molecule has 0 radical (unpaired) electrons. The lowest BCUT2D eigenvalue weighted by atomic mass is 10.0. The first-order valence-corrected chi connectivity index (χ1v) is 6.13. The summed E-state index contributed by atoms with van der Waals surface area (Å²) in [5, 5.41) is 10.1. The Morgan fingerprint density at radius 3 is 2.58 bits per heavy atom. The van der Waals surface area contributed by atoms with Gasteiger partial charge in [0.1, 0.15) is 11.5 Å². The Morgan fingerprint density at radius 1 is 1.47 bits per heavy atom. The fourth-order valence-corrected chi connectivity index (χ4v) is 2.03. The number of halogens is 1. The number of aliphatic hydroxyl groups excluding tert-OH is 1. The van der Waals surface area contributed by atoms with E-state index in [0.29, 0.717) is 5.56 Å². The SMILES string of the molecule is CC1C(O)N(c2cc(C(C)(C)F)ccn2)C(=O)N1C. The molecule has 1 aliphatic heterocycles. The zero-order valence-corrected chi connectivity index (χ0v) is 11.5. The van der Waals surface area contributed by atoms with Gasteiger partial charge in [-0.1, -0.05) is 0 Å². The van der Waals surface area contributed by atoms with Crippen molar-refractivity contribution in [2.45, 2.75) is 38.7 Å². The molecule has 0 spiro atoms. The Hall–Kier alpha value is -1.69. The number of amides is 2. The van der Waals surface area contributed by atoms with Crippen LogP contribution in [0.5, 0.6) is 0 Å². The lowest BCUT2D eigenvalue weighted by Crippen LogP contribution is -2.36. The van der Waals surface area contributed by atoms with E-state index in [-0.39, 0.29) is 17.9 Å². The van der Waals surface area contributed by atoms with Crippen LogP contribution in [0.2, 0.25) is 0 Å². The minimum Gasteiger partial charge on any atom is -0.371 e. The number of hydrogen-bond donors (Lipinski definition) is 1. The summed E-state index contributed by atoms with van der Waals surface area (Å²) >= 11 is 0. The summed E-state index contributed by atoms with van der Waals surface area (Å²) in [6.07, 6.45) is 0.456. The molecule has 2 rings (SSSR count). The molecule has 104 valence electrons. The Bertz CT molecular complexity index is 501. The largest absolute Gasteiger partial charge is 0.371 e. The number of carbonyl (C=O) groups is 1. The van der Waals surface area contributed by atoms with Crippen LogP contribution in [0.15, 0.2) is 18.3 Å². The van der Waals surface area contributed by atoms with Crippen molar-refractivity contribution in [3.8, 4) is 0 Å². The number of carbonyl (C=O) groups excluding carboxylic acids is 1. The van der Waals surface area contributed by atoms with Gasteiger partial charge in [-0.3, -0.25) is 0 Å². The van der Waals surface area contributed by atoms with Crippen LogP contribution in [0.3, 0.4) is 0 Å². The van der Waals surface area contributed by atoms with Crippen molar-refractivity contribution in [3.63, 3.8) is 0 Å². The van der Waals surface area contributed by atoms with Gasteiger partial charge in [0.25, 0.3) is 0 Å². The van der Waals surface area contributed by atoms with E-state index in [2.05, 4.69) is 4.98 Å². The Morgan fingerprint density at radius 2 is 2.11 bits per heavy atom. The molecular formula is C13H18FN3O2. The minimum absolute atomic E-state index is 0.261. The van der Waals surface area contributed by atoms with Crippen LogP contribution < -0.4 is 4.90 Å². The molecule has 2 atom stereocenters.